The van der Waals surface area contributed by atoms with E-state index in [4.69, 9.17) is 18.9 Å². The van der Waals surface area contributed by atoms with Crippen molar-refractivity contribution in [1.82, 2.24) is 20.2 Å². The summed E-state index contributed by atoms with van der Waals surface area (Å²) < 4.78 is 25.2. The van der Waals surface area contributed by atoms with Crippen LogP contribution in [0, 0.1) is 5.92 Å². The second-order valence-corrected chi connectivity index (χ2v) is 12.4. The second kappa shape index (κ2) is 13.5. The standard InChI is InChI=1S/C36H40N4O6/c1-24-32(22-40-16-14-36(15-17-40)43-18-19-44-36)45-35(46-33(24)27-10-8-26(23-41)9-11-27)28-12-6-25(7-13-28)20-38-34(42)31-21-37-29-4-2-3-5-30(29)39-31/h2-13,21,24,32-33,35,41H,14-20,22-23H2,1H3,(H,38,42). The van der Waals surface area contributed by atoms with E-state index in [9.17, 15) is 9.90 Å². The number of hydrogen-bond donors (Lipinski definition) is 2. The Morgan fingerprint density at radius 3 is 2.30 bits per heavy atom. The summed E-state index contributed by atoms with van der Waals surface area (Å²) in [6.45, 7) is 6.44. The number of para-hydroxylation sites is 2. The van der Waals surface area contributed by atoms with Crippen molar-refractivity contribution < 1.29 is 28.8 Å². The number of ether oxygens (including phenoxy) is 4. The molecular formula is C36H40N4O6. The molecule has 10 nitrogen and oxygen atoms in total. The van der Waals surface area contributed by atoms with E-state index in [1.54, 1.807) is 0 Å². The number of carbonyl (C=O) groups is 1. The number of aliphatic hydroxyl groups excluding tert-OH is 1. The molecule has 0 aliphatic carbocycles. The SMILES string of the molecule is CC1C(CN2CCC3(CC2)OCCO3)OC(c2ccc(CNC(=O)c3cnc4ccccc4n3)cc2)OC1c1ccc(CO)cc1. The number of piperidine rings is 1. The van der Waals surface area contributed by atoms with Gasteiger partial charge >= 0.3 is 0 Å². The Morgan fingerprint density at radius 2 is 1.59 bits per heavy atom. The van der Waals surface area contributed by atoms with Crippen molar-refractivity contribution in [1.29, 1.82) is 0 Å². The lowest BCUT2D eigenvalue weighted by molar-refractivity contribution is -0.278. The molecule has 46 heavy (non-hydrogen) atoms. The van der Waals surface area contributed by atoms with E-state index in [1.165, 1.54) is 6.20 Å². The first-order valence-electron chi connectivity index (χ1n) is 16.1. The minimum Gasteiger partial charge on any atom is -0.392 e. The van der Waals surface area contributed by atoms with Crippen LogP contribution in [0.4, 0.5) is 0 Å². The number of nitrogens with zero attached hydrogens (tertiary/aromatic N) is 3. The Kier molecular flexibility index (Phi) is 9.08. The summed E-state index contributed by atoms with van der Waals surface area (Å²) in [5.74, 6) is -0.593. The largest absolute Gasteiger partial charge is 0.392 e. The molecule has 0 bridgehead atoms. The van der Waals surface area contributed by atoms with Crippen LogP contribution in [-0.2, 0) is 32.1 Å². The third-order valence-corrected chi connectivity index (χ3v) is 9.38. The number of carbonyl (C=O) groups excluding carboxylic acids is 1. The van der Waals surface area contributed by atoms with Crippen molar-refractivity contribution in [3.63, 3.8) is 0 Å². The number of fused-ring (bicyclic) bond motifs is 1. The fourth-order valence-corrected chi connectivity index (χ4v) is 6.58. The van der Waals surface area contributed by atoms with E-state index in [2.05, 4.69) is 27.1 Å². The lowest BCUT2D eigenvalue weighted by atomic mass is 9.89. The highest BCUT2D eigenvalue weighted by molar-refractivity contribution is 5.93. The number of aromatic nitrogens is 2. The summed E-state index contributed by atoms with van der Waals surface area (Å²) >= 11 is 0. The van der Waals surface area contributed by atoms with Gasteiger partial charge in [0.05, 0.1) is 49.3 Å². The molecule has 0 saturated carbocycles. The summed E-state index contributed by atoms with van der Waals surface area (Å²) in [5.41, 5.74) is 5.50. The van der Waals surface area contributed by atoms with E-state index in [-0.39, 0.29) is 36.3 Å². The van der Waals surface area contributed by atoms with Crippen LogP contribution in [0.2, 0.25) is 0 Å². The highest BCUT2D eigenvalue weighted by atomic mass is 16.7. The maximum Gasteiger partial charge on any atom is 0.271 e. The average Bonchev–Trinajstić information content (AvgIpc) is 3.57. The van der Waals surface area contributed by atoms with Gasteiger partial charge in [-0.2, -0.15) is 0 Å². The molecule has 3 fully saturated rings. The Hall–Kier alpha value is -3.77. The van der Waals surface area contributed by atoms with Gasteiger partial charge in [0.25, 0.3) is 5.91 Å². The van der Waals surface area contributed by atoms with Crippen molar-refractivity contribution in [3.8, 4) is 0 Å². The minimum absolute atomic E-state index is 0.00204. The van der Waals surface area contributed by atoms with Gasteiger partial charge in [-0.15, -0.1) is 0 Å². The maximum atomic E-state index is 12.8. The summed E-state index contributed by atoms with van der Waals surface area (Å²) in [5, 5.41) is 12.5. The van der Waals surface area contributed by atoms with Crippen LogP contribution in [0.3, 0.4) is 0 Å². The molecule has 4 atom stereocenters. The molecule has 1 spiro atoms. The maximum absolute atomic E-state index is 12.8. The molecule has 2 N–H and O–H groups in total. The number of rotatable bonds is 8. The van der Waals surface area contributed by atoms with Crippen LogP contribution in [0.1, 0.15) is 64.9 Å². The zero-order chi connectivity index (χ0) is 31.5. The van der Waals surface area contributed by atoms with E-state index < -0.39 is 12.1 Å². The highest BCUT2D eigenvalue weighted by Gasteiger charge is 2.43. The summed E-state index contributed by atoms with van der Waals surface area (Å²) in [7, 11) is 0. The minimum atomic E-state index is -0.558. The van der Waals surface area contributed by atoms with Crippen LogP contribution in [0.25, 0.3) is 11.0 Å². The molecular weight excluding hydrogens is 584 g/mol. The zero-order valence-corrected chi connectivity index (χ0v) is 26.0. The van der Waals surface area contributed by atoms with Crippen molar-refractivity contribution >= 4 is 16.9 Å². The molecule has 240 valence electrons. The van der Waals surface area contributed by atoms with Gasteiger partial charge in [0.2, 0.25) is 0 Å². The molecule has 3 saturated heterocycles. The highest BCUT2D eigenvalue weighted by Crippen LogP contribution is 2.42. The molecule has 1 amide bonds. The average molecular weight is 625 g/mol. The summed E-state index contributed by atoms with van der Waals surface area (Å²) in [6.07, 6.45) is 2.40. The molecule has 7 rings (SSSR count). The normalized spacial score (nSPS) is 24.7. The van der Waals surface area contributed by atoms with Gasteiger partial charge in [-0.1, -0.05) is 67.6 Å². The van der Waals surface area contributed by atoms with Crippen LogP contribution >= 0.6 is 0 Å². The first-order valence-corrected chi connectivity index (χ1v) is 16.1. The van der Waals surface area contributed by atoms with Gasteiger partial charge in [-0.3, -0.25) is 9.78 Å². The second-order valence-electron chi connectivity index (χ2n) is 12.4. The molecule has 4 aromatic rings. The van der Waals surface area contributed by atoms with Gasteiger partial charge in [0.15, 0.2) is 12.1 Å². The number of hydrogen-bond acceptors (Lipinski definition) is 9. The van der Waals surface area contributed by atoms with Crippen LogP contribution in [0.5, 0.6) is 0 Å². The van der Waals surface area contributed by atoms with Crippen molar-refractivity contribution in [2.75, 3.05) is 32.8 Å². The Balaban J connectivity index is 1.03. The van der Waals surface area contributed by atoms with Gasteiger partial charge in [-0.05, 0) is 28.8 Å². The lowest BCUT2D eigenvalue weighted by Crippen LogP contribution is -2.50. The quantitative estimate of drug-likeness (QED) is 0.288. The summed E-state index contributed by atoms with van der Waals surface area (Å²) in [6, 6.07) is 23.4. The smallest absolute Gasteiger partial charge is 0.271 e. The lowest BCUT2D eigenvalue weighted by Gasteiger charge is -2.44. The number of aliphatic hydroxyl groups is 1. The van der Waals surface area contributed by atoms with E-state index >= 15 is 0 Å². The monoisotopic (exact) mass is 624 g/mol. The molecule has 3 aliphatic rings. The number of nitrogens with one attached hydrogen (secondary N) is 1. The molecule has 1 aromatic heterocycles. The Bertz CT molecular complexity index is 1630. The number of amides is 1. The third-order valence-electron chi connectivity index (χ3n) is 9.38. The molecule has 3 aromatic carbocycles. The Morgan fingerprint density at radius 1 is 0.913 bits per heavy atom. The summed E-state index contributed by atoms with van der Waals surface area (Å²) in [4.78, 5) is 24.0. The van der Waals surface area contributed by atoms with Gasteiger partial charge in [0, 0.05) is 50.5 Å². The number of benzene rings is 3. The van der Waals surface area contributed by atoms with Gasteiger partial charge in [-0.25, -0.2) is 4.98 Å². The van der Waals surface area contributed by atoms with Crippen molar-refractivity contribution in [3.05, 3.63) is 107 Å². The van der Waals surface area contributed by atoms with E-state index in [0.717, 1.165) is 60.2 Å². The van der Waals surface area contributed by atoms with Crippen molar-refractivity contribution in [2.45, 2.75) is 57.2 Å². The fourth-order valence-electron chi connectivity index (χ4n) is 6.58. The molecule has 4 heterocycles. The van der Waals surface area contributed by atoms with E-state index in [1.807, 2.05) is 72.8 Å². The predicted octanol–water partition coefficient (Wildman–Crippen LogP) is 4.68. The Labute approximate surface area is 268 Å². The van der Waals surface area contributed by atoms with E-state index in [0.29, 0.717) is 25.3 Å². The van der Waals surface area contributed by atoms with Crippen LogP contribution in [0.15, 0.2) is 79.0 Å². The predicted molar refractivity (Wildman–Crippen MR) is 170 cm³/mol. The molecule has 4 unspecified atom stereocenters. The van der Waals surface area contributed by atoms with Gasteiger partial charge in [0.1, 0.15) is 5.69 Å². The topological polar surface area (TPSA) is 115 Å². The number of likely N-dealkylation sites (tertiary alicyclic amines) is 1. The van der Waals surface area contributed by atoms with Crippen molar-refractivity contribution in [2.24, 2.45) is 5.92 Å². The molecule has 10 heteroatoms. The van der Waals surface area contributed by atoms with Crippen LogP contribution < -0.4 is 5.32 Å². The van der Waals surface area contributed by atoms with Crippen LogP contribution in [-0.4, -0.2) is 70.6 Å². The fraction of sp³-hybridized carbons (Fsp3) is 0.417. The first kappa shape index (κ1) is 30.9. The zero-order valence-electron chi connectivity index (χ0n) is 26.0. The third kappa shape index (κ3) is 6.69. The molecule has 0 radical (unpaired) electrons. The molecule has 3 aliphatic heterocycles. The van der Waals surface area contributed by atoms with Gasteiger partial charge < -0.3 is 34.3 Å². The first-order chi connectivity index (χ1) is 22.5.